The third-order valence-electron chi connectivity index (χ3n) is 4.43. The van der Waals surface area contributed by atoms with Gasteiger partial charge in [-0.1, -0.05) is 6.42 Å². The number of hydrogen-bond donors (Lipinski definition) is 1. The number of benzene rings is 1. The number of hydrogen-bond acceptors (Lipinski definition) is 3. The summed E-state index contributed by atoms with van der Waals surface area (Å²) in [6, 6.07) is 6.98. The van der Waals surface area contributed by atoms with E-state index < -0.39 is 5.97 Å². The molecule has 2 atom stereocenters. The predicted octanol–water partition coefficient (Wildman–Crippen LogP) is 2.49. The molecule has 2 fully saturated rings. The standard InChI is InChI=1S/C15H16N2O2/c16-7-13-6-10(15(18)19)4-5-14(13)17-8-11-2-1-3-12(11)9-17/h4-6,11-12H,1-3,8-9H2,(H,18,19). The van der Waals surface area contributed by atoms with Crippen LogP contribution in [0.1, 0.15) is 35.2 Å². The maximum absolute atomic E-state index is 10.9. The van der Waals surface area contributed by atoms with Gasteiger partial charge in [-0.2, -0.15) is 5.26 Å². The Hall–Kier alpha value is -2.02. The zero-order valence-electron chi connectivity index (χ0n) is 10.7. The van der Waals surface area contributed by atoms with E-state index in [4.69, 9.17) is 5.11 Å². The molecule has 0 bridgehead atoms. The highest BCUT2D eigenvalue weighted by Crippen LogP contribution is 2.40. The third kappa shape index (κ3) is 2.06. The fourth-order valence-corrected chi connectivity index (χ4v) is 3.47. The second kappa shape index (κ2) is 4.58. The lowest BCUT2D eigenvalue weighted by Gasteiger charge is -2.21. The highest BCUT2D eigenvalue weighted by molar-refractivity contribution is 5.89. The topological polar surface area (TPSA) is 64.3 Å². The molecule has 0 amide bonds. The first-order chi connectivity index (χ1) is 9.19. The second-order valence-corrected chi connectivity index (χ2v) is 5.50. The molecule has 2 aliphatic rings. The van der Waals surface area contributed by atoms with Crippen LogP contribution in [0.5, 0.6) is 0 Å². The van der Waals surface area contributed by atoms with Crippen molar-refractivity contribution in [1.29, 1.82) is 5.26 Å². The molecular weight excluding hydrogens is 240 g/mol. The first-order valence-electron chi connectivity index (χ1n) is 6.71. The summed E-state index contributed by atoms with van der Waals surface area (Å²) in [4.78, 5) is 13.2. The van der Waals surface area contributed by atoms with Crippen LogP contribution in [0.4, 0.5) is 5.69 Å². The average molecular weight is 256 g/mol. The number of fused-ring (bicyclic) bond motifs is 1. The number of aromatic carboxylic acids is 1. The van der Waals surface area contributed by atoms with Gasteiger partial charge >= 0.3 is 5.97 Å². The van der Waals surface area contributed by atoms with Crippen LogP contribution in [0.3, 0.4) is 0 Å². The number of carboxylic acids is 1. The van der Waals surface area contributed by atoms with Crippen molar-refractivity contribution >= 4 is 11.7 Å². The number of anilines is 1. The van der Waals surface area contributed by atoms with Crippen LogP contribution in [0.25, 0.3) is 0 Å². The molecule has 2 unspecified atom stereocenters. The Morgan fingerprint density at radius 2 is 2.00 bits per heavy atom. The summed E-state index contributed by atoms with van der Waals surface area (Å²) in [6.07, 6.45) is 3.90. The summed E-state index contributed by atoms with van der Waals surface area (Å²) >= 11 is 0. The molecule has 3 rings (SSSR count). The van der Waals surface area contributed by atoms with Crippen molar-refractivity contribution in [3.63, 3.8) is 0 Å². The van der Waals surface area contributed by atoms with E-state index in [0.717, 1.165) is 30.6 Å². The van der Waals surface area contributed by atoms with Gasteiger partial charge in [0.25, 0.3) is 0 Å². The number of carbonyl (C=O) groups is 1. The Bertz CT molecular complexity index is 550. The molecule has 98 valence electrons. The normalized spacial score (nSPS) is 25.1. The smallest absolute Gasteiger partial charge is 0.335 e. The van der Waals surface area contributed by atoms with Crippen LogP contribution in [-0.2, 0) is 0 Å². The summed E-state index contributed by atoms with van der Waals surface area (Å²) in [6.45, 7) is 2.01. The molecule has 1 saturated carbocycles. The van der Waals surface area contributed by atoms with Crippen LogP contribution in [0, 0.1) is 23.2 Å². The van der Waals surface area contributed by atoms with Crippen LogP contribution >= 0.6 is 0 Å². The summed E-state index contributed by atoms with van der Waals surface area (Å²) < 4.78 is 0. The second-order valence-electron chi connectivity index (χ2n) is 5.50. The van der Waals surface area contributed by atoms with Gasteiger partial charge in [0.1, 0.15) is 6.07 Å². The van der Waals surface area contributed by atoms with Crippen molar-refractivity contribution in [3.05, 3.63) is 29.3 Å². The summed E-state index contributed by atoms with van der Waals surface area (Å²) in [7, 11) is 0. The minimum absolute atomic E-state index is 0.180. The molecule has 0 spiro atoms. The average Bonchev–Trinajstić information content (AvgIpc) is 2.98. The molecule has 0 aromatic heterocycles. The minimum atomic E-state index is -0.985. The lowest BCUT2D eigenvalue weighted by atomic mass is 10.0. The molecule has 4 heteroatoms. The molecule has 1 aliphatic carbocycles. The molecule has 1 aromatic rings. The van der Waals surface area contributed by atoms with E-state index in [2.05, 4.69) is 11.0 Å². The van der Waals surface area contributed by atoms with Gasteiger partial charge in [-0.05, 0) is 42.9 Å². The minimum Gasteiger partial charge on any atom is -0.478 e. The monoisotopic (exact) mass is 256 g/mol. The number of rotatable bonds is 2. The first kappa shape index (κ1) is 12.0. The summed E-state index contributed by atoms with van der Waals surface area (Å²) in [5.41, 5.74) is 1.54. The van der Waals surface area contributed by atoms with E-state index in [-0.39, 0.29) is 5.56 Å². The molecular formula is C15H16N2O2. The third-order valence-corrected chi connectivity index (χ3v) is 4.43. The Balaban J connectivity index is 1.89. The van der Waals surface area contributed by atoms with Crippen molar-refractivity contribution in [2.75, 3.05) is 18.0 Å². The Morgan fingerprint density at radius 1 is 1.32 bits per heavy atom. The lowest BCUT2D eigenvalue weighted by molar-refractivity contribution is 0.0697. The highest BCUT2D eigenvalue weighted by atomic mass is 16.4. The van der Waals surface area contributed by atoms with Gasteiger partial charge < -0.3 is 10.0 Å². The molecule has 4 nitrogen and oxygen atoms in total. The number of carboxylic acid groups (broad SMARTS) is 1. The molecule has 19 heavy (non-hydrogen) atoms. The summed E-state index contributed by atoms with van der Waals surface area (Å²) in [5, 5.41) is 18.2. The van der Waals surface area contributed by atoms with Gasteiger partial charge in [0.15, 0.2) is 0 Å². The van der Waals surface area contributed by atoms with Crippen molar-refractivity contribution < 1.29 is 9.90 Å². The Labute approximate surface area is 112 Å². The van der Waals surface area contributed by atoms with Crippen molar-refractivity contribution in [2.45, 2.75) is 19.3 Å². The molecule has 1 saturated heterocycles. The van der Waals surface area contributed by atoms with Gasteiger partial charge in [0, 0.05) is 13.1 Å². The van der Waals surface area contributed by atoms with Gasteiger partial charge in [-0.25, -0.2) is 4.79 Å². The van der Waals surface area contributed by atoms with Gasteiger partial charge in [-0.3, -0.25) is 0 Å². The molecule has 1 aromatic carbocycles. The van der Waals surface area contributed by atoms with Gasteiger partial charge in [-0.15, -0.1) is 0 Å². The van der Waals surface area contributed by atoms with Crippen molar-refractivity contribution in [3.8, 4) is 6.07 Å². The van der Waals surface area contributed by atoms with Crippen LogP contribution in [0.15, 0.2) is 18.2 Å². The molecule has 1 N–H and O–H groups in total. The molecule has 1 aliphatic heterocycles. The van der Waals surface area contributed by atoms with E-state index in [0.29, 0.717) is 5.56 Å². The van der Waals surface area contributed by atoms with Gasteiger partial charge in [0.05, 0.1) is 16.8 Å². The lowest BCUT2D eigenvalue weighted by Crippen LogP contribution is -2.21. The molecule has 1 heterocycles. The van der Waals surface area contributed by atoms with Crippen LogP contribution < -0.4 is 4.90 Å². The van der Waals surface area contributed by atoms with E-state index in [9.17, 15) is 10.1 Å². The largest absolute Gasteiger partial charge is 0.478 e. The van der Waals surface area contributed by atoms with E-state index in [1.54, 1.807) is 12.1 Å². The number of nitriles is 1. The fourth-order valence-electron chi connectivity index (χ4n) is 3.47. The highest BCUT2D eigenvalue weighted by Gasteiger charge is 2.36. The predicted molar refractivity (Wildman–Crippen MR) is 71.2 cm³/mol. The van der Waals surface area contributed by atoms with Gasteiger partial charge in [0.2, 0.25) is 0 Å². The maximum atomic E-state index is 10.9. The number of nitrogens with zero attached hydrogens (tertiary/aromatic N) is 2. The molecule has 0 radical (unpaired) electrons. The maximum Gasteiger partial charge on any atom is 0.335 e. The zero-order chi connectivity index (χ0) is 13.4. The Kier molecular flexibility index (Phi) is 2.90. The first-order valence-corrected chi connectivity index (χ1v) is 6.71. The van der Waals surface area contributed by atoms with E-state index in [1.165, 1.54) is 25.3 Å². The van der Waals surface area contributed by atoms with Crippen LogP contribution in [-0.4, -0.2) is 24.2 Å². The summed E-state index contributed by atoms with van der Waals surface area (Å²) in [5.74, 6) is 0.526. The van der Waals surface area contributed by atoms with E-state index in [1.807, 2.05) is 0 Å². The van der Waals surface area contributed by atoms with Crippen molar-refractivity contribution in [1.82, 2.24) is 0 Å². The van der Waals surface area contributed by atoms with Crippen molar-refractivity contribution in [2.24, 2.45) is 11.8 Å². The Morgan fingerprint density at radius 3 is 2.58 bits per heavy atom. The fraction of sp³-hybridized carbons (Fsp3) is 0.467. The quantitative estimate of drug-likeness (QED) is 0.883. The van der Waals surface area contributed by atoms with E-state index >= 15 is 0 Å². The zero-order valence-corrected chi connectivity index (χ0v) is 10.7. The SMILES string of the molecule is N#Cc1cc(C(=O)O)ccc1N1CC2CCCC2C1. The van der Waals surface area contributed by atoms with Crippen LogP contribution in [0.2, 0.25) is 0 Å².